The van der Waals surface area contributed by atoms with Crippen molar-refractivity contribution in [2.75, 3.05) is 13.7 Å². The van der Waals surface area contributed by atoms with Gasteiger partial charge in [0.05, 0.1) is 6.10 Å². The average Bonchev–Trinajstić information content (AvgIpc) is 3.60. The zero-order valence-corrected chi connectivity index (χ0v) is 19.0. The summed E-state index contributed by atoms with van der Waals surface area (Å²) in [4.78, 5) is 42.9. The molecule has 4 amide bonds. The van der Waals surface area contributed by atoms with Gasteiger partial charge in [-0.25, -0.2) is 4.79 Å². The molecule has 3 atom stereocenters. The summed E-state index contributed by atoms with van der Waals surface area (Å²) in [7, 11) is 1.60. The highest BCUT2D eigenvalue weighted by molar-refractivity contribution is 6.10. The Hall–Kier alpha value is -3.19. The van der Waals surface area contributed by atoms with Crippen LogP contribution in [0.1, 0.15) is 49.0 Å². The Morgan fingerprint density at radius 1 is 1.15 bits per heavy atom. The first-order valence-corrected chi connectivity index (χ1v) is 11.5. The minimum absolute atomic E-state index is 0.0533. The average molecular weight is 448 g/mol. The van der Waals surface area contributed by atoms with Crippen molar-refractivity contribution >= 4 is 17.8 Å². The number of methoxy groups -OCH3 is 1. The van der Waals surface area contributed by atoms with E-state index in [2.05, 4.69) is 12.2 Å². The van der Waals surface area contributed by atoms with Gasteiger partial charge < -0.3 is 15.0 Å². The number of carbonyl (C=O) groups excluding carboxylic acids is 3. The minimum atomic E-state index is -1.18. The third kappa shape index (κ3) is 3.70. The molecule has 2 fully saturated rings. The van der Waals surface area contributed by atoms with Crippen LogP contribution >= 0.6 is 0 Å². The Bertz CT molecular complexity index is 1080. The summed E-state index contributed by atoms with van der Waals surface area (Å²) in [5, 5.41) is 2.89. The smallest absolute Gasteiger partial charge is 0.325 e. The number of benzene rings is 2. The molecule has 7 nitrogen and oxygen atoms in total. The van der Waals surface area contributed by atoms with Crippen molar-refractivity contribution in [2.24, 2.45) is 5.92 Å². The lowest BCUT2D eigenvalue weighted by Gasteiger charge is -2.31. The molecule has 7 heteroatoms. The molecular formula is C26H29N3O4. The minimum Gasteiger partial charge on any atom is -0.377 e. The fourth-order valence-electron chi connectivity index (χ4n) is 5.26. The van der Waals surface area contributed by atoms with Crippen molar-refractivity contribution in [2.45, 2.75) is 50.4 Å². The zero-order chi connectivity index (χ0) is 23.2. The molecule has 172 valence electrons. The molecule has 2 aliphatic carbocycles. The number of hydrogen-bond acceptors (Lipinski definition) is 4. The second-order valence-electron chi connectivity index (χ2n) is 9.33. The van der Waals surface area contributed by atoms with Gasteiger partial charge in [-0.15, -0.1) is 0 Å². The Morgan fingerprint density at radius 2 is 1.85 bits per heavy atom. The Balaban J connectivity index is 1.39. The molecule has 3 aliphatic rings. The first kappa shape index (κ1) is 21.6. The third-order valence-electron chi connectivity index (χ3n) is 7.32. The van der Waals surface area contributed by atoms with Gasteiger partial charge in [-0.1, -0.05) is 54.6 Å². The normalized spacial score (nSPS) is 24.7. The predicted molar refractivity (Wildman–Crippen MR) is 122 cm³/mol. The molecule has 0 aromatic heterocycles. The monoisotopic (exact) mass is 447 g/mol. The summed E-state index contributed by atoms with van der Waals surface area (Å²) < 4.78 is 5.60. The SMILES string of the molecule is COC1CC2(NC(=O)N(CC(=O)N(Cc3ccccc3)C(C)C3CC3)C2=O)c2ccccc21. The summed E-state index contributed by atoms with van der Waals surface area (Å²) in [5.74, 6) is -0.128. The maximum absolute atomic E-state index is 13.6. The lowest BCUT2D eigenvalue weighted by Crippen LogP contribution is -2.47. The van der Waals surface area contributed by atoms with Crippen molar-refractivity contribution in [1.29, 1.82) is 0 Å². The highest BCUT2D eigenvalue weighted by atomic mass is 16.5. The van der Waals surface area contributed by atoms with Crippen molar-refractivity contribution in [3.8, 4) is 0 Å². The van der Waals surface area contributed by atoms with Gasteiger partial charge in [-0.2, -0.15) is 0 Å². The van der Waals surface area contributed by atoms with E-state index in [0.717, 1.165) is 34.4 Å². The third-order valence-corrected chi connectivity index (χ3v) is 7.32. The van der Waals surface area contributed by atoms with E-state index >= 15 is 0 Å². The molecule has 0 bridgehead atoms. The Morgan fingerprint density at radius 3 is 2.55 bits per heavy atom. The fourth-order valence-corrected chi connectivity index (χ4v) is 5.26. The molecule has 1 spiro atoms. The topological polar surface area (TPSA) is 79.0 Å². The van der Waals surface area contributed by atoms with Gasteiger partial charge in [0, 0.05) is 26.1 Å². The van der Waals surface area contributed by atoms with Crippen LogP contribution in [0.3, 0.4) is 0 Å². The second kappa shape index (κ2) is 8.30. The molecule has 1 saturated carbocycles. The maximum atomic E-state index is 13.6. The van der Waals surface area contributed by atoms with E-state index in [1.165, 1.54) is 0 Å². The van der Waals surface area contributed by atoms with Gasteiger partial charge in [0.25, 0.3) is 5.91 Å². The Kier molecular flexibility index (Phi) is 5.44. The van der Waals surface area contributed by atoms with E-state index in [1.54, 1.807) is 7.11 Å². The number of urea groups is 1. The van der Waals surface area contributed by atoms with Crippen LogP contribution < -0.4 is 5.32 Å². The first-order chi connectivity index (χ1) is 15.9. The van der Waals surface area contributed by atoms with E-state index < -0.39 is 11.6 Å². The standard InChI is InChI=1S/C26H29N3O4/c1-17(19-12-13-19)28(15-18-8-4-3-5-9-18)23(30)16-29-24(31)26(27-25(29)32)14-22(33-2)20-10-6-7-11-21(20)26/h3-11,17,19,22H,12-16H2,1-2H3,(H,27,32). The van der Waals surface area contributed by atoms with Crippen molar-refractivity contribution < 1.29 is 19.1 Å². The number of hydrogen-bond donors (Lipinski definition) is 1. The van der Waals surface area contributed by atoms with Gasteiger partial charge in [-0.3, -0.25) is 14.5 Å². The predicted octanol–water partition coefficient (Wildman–Crippen LogP) is 3.35. The molecule has 1 saturated heterocycles. The molecule has 1 N–H and O–H groups in total. The van der Waals surface area contributed by atoms with Crippen LogP contribution in [0.15, 0.2) is 54.6 Å². The summed E-state index contributed by atoms with van der Waals surface area (Å²) in [6.07, 6.45) is 2.23. The second-order valence-corrected chi connectivity index (χ2v) is 9.33. The number of carbonyl (C=O) groups is 3. The van der Waals surface area contributed by atoms with Crippen molar-refractivity contribution in [1.82, 2.24) is 15.1 Å². The first-order valence-electron chi connectivity index (χ1n) is 11.5. The van der Waals surface area contributed by atoms with Crippen LogP contribution in [0.2, 0.25) is 0 Å². The fraction of sp³-hybridized carbons (Fsp3) is 0.423. The molecule has 0 radical (unpaired) electrons. The van der Waals surface area contributed by atoms with E-state index in [9.17, 15) is 14.4 Å². The van der Waals surface area contributed by atoms with Crippen LogP contribution in [0, 0.1) is 5.92 Å². The molecule has 2 aromatic carbocycles. The number of amides is 4. The molecule has 5 rings (SSSR count). The lowest BCUT2D eigenvalue weighted by molar-refractivity contribution is -0.141. The maximum Gasteiger partial charge on any atom is 0.325 e. The number of imide groups is 1. The van der Waals surface area contributed by atoms with Crippen LogP contribution in [0.5, 0.6) is 0 Å². The molecule has 3 unspecified atom stereocenters. The number of ether oxygens (including phenoxy) is 1. The highest BCUT2D eigenvalue weighted by Gasteiger charge is 2.58. The summed E-state index contributed by atoms with van der Waals surface area (Å²) in [6.45, 7) is 2.25. The summed E-state index contributed by atoms with van der Waals surface area (Å²) in [6, 6.07) is 16.9. The van der Waals surface area contributed by atoms with Gasteiger partial charge in [-0.05, 0) is 42.4 Å². The summed E-state index contributed by atoms with van der Waals surface area (Å²) in [5.41, 5.74) is 1.49. The van der Waals surface area contributed by atoms with E-state index in [4.69, 9.17) is 4.74 Å². The van der Waals surface area contributed by atoms with Gasteiger partial charge in [0.2, 0.25) is 5.91 Å². The number of fused-ring (bicyclic) bond motifs is 2. The van der Waals surface area contributed by atoms with Gasteiger partial charge in [0.1, 0.15) is 12.1 Å². The van der Waals surface area contributed by atoms with Crippen LogP contribution in [0.25, 0.3) is 0 Å². The molecule has 1 heterocycles. The van der Waals surface area contributed by atoms with Gasteiger partial charge in [0.15, 0.2) is 0 Å². The van der Waals surface area contributed by atoms with Crippen LogP contribution in [-0.2, 0) is 26.4 Å². The molecule has 1 aliphatic heterocycles. The number of nitrogens with zero attached hydrogens (tertiary/aromatic N) is 2. The van der Waals surface area contributed by atoms with E-state index in [-0.39, 0.29) is 30.5 Å². The lowest BCUT2D eigenvalue weighted by atomic mass is 9.92. The van der Waals surface area contributed by atoms with E-state index in [1.807, 2.05) is 59.5 Å². The molecular weight excluding hydrogens is 418 g/mol. The van der Waals surface area contributed by atoms with Crippen molar-refractivity contribution in [3.05, 3.63) is 71.3 Å². The molecule has 2 aromatic rings. The van der Waals surface area contributed by atoms with Crippen molar-refractivity contribution in [3.63, 3.8) is 0 Å². The quantitative estimate of drug-likeness (QED) is 0.661. The van der Waals surface area contributed by atoms with Gasteiger partial charge >= 0.3 is 6.03 Å². The molecule has 33 heavy (non-hydrogen) atoms. The van der Waals surface area contributed by atoms with Crippen LogP contribution in [0.4, 0.5) is 4.79 Å². The zero-order valence-electron chi connectivity index (χ0n) is 19.0. The largest absolute Gasteiger partial charge is 0.377 e. The number of rotatable bonds is 7. The Labute approximate surface area is 193 Å². The van der Waals surface area contributed by atoms with Crippen LogP contribution in [-0.4, -0.2) is 47.3 Å². The highest BCUT2D eigenvalue weighted by Crippen LogP contribution is 2.47. The number of nitrogens with one attached hydrogen (secondary N) is 1. The van der Waals surface area contributed by atoms with E-state index in [0.29, 0.717) is 18.9 Å². The summed E-state index contributed by atoms with van der Waals surface area (Å²) >= 11 is 0.